The van der Waals surface area contributed by atoms with Crippen LogP contribution < -0.4 is 0 Å². The van der Waals surface area contributed by atoms with Crippen molar-refractivity contribution in [3.8, 4) is 0 Å². The van der Waals surface area contributed by atoms with Gasteiger partial charge in [-0.1, -0.05) is 24.3 Å². The molecule has 0 aliphatic heterocycles. The van der Waals surface area contributed by atoms with Gasteiger partial charge in [-0.15, -0.1) is 0 Å². The summed E-state index contributed by atoms with van der Waals surface area (Å²) >= 11 is 0. The Morgan fingerprint density at radius 1 is 1.25 bits per heavy atom. The maximum absolute atomic E-state index is 8.38. The molecule has 0 saturated heterocycles. The van der Waals surface area contributed by atoms with Crippen molar-refractivity contribution in [1.82, 2.24) is 4.98 Å². The van der Waals surface area contributed by atoms with Crippen LogP contribution in [0.3, 0.4) is 0 Å². The molecular weight excluding hydrogens is 250 g/mol. The van der Waals surface area contributed by atoms with Crippen molar-refractivity contribution in [2.45, 2.75) is 19.3 Å². The molecule has 1 aromatic heterocycles. The summed E-state index contributed by atoms with van der Waals surface area (Å²) in [5.41, 5.74) is 3.86. The third-order valence-electron chi connectivity index (χ3n) is 3.52. The first-order valence-electron chi connectivity index (χ1n) is 6.61. The van der Waals surface area contributed by atoms with E-state index in [9.17, 15) is 0 Å². The molecule has 0 amide bonds. The standard InChI is InChI=1S/C16H15N3O/c17-14(15-9-19-10-20-15)8-12-6-3-5-11-4-1-2-7-13(11)16(12)18/h1-2,4,7-10,17-18H,3,5-6H2/b12-8-,17-14?,18-16?. The van der Waals surface area contributed by atoms with Crippen molar-refractivity contribution in [3.63, 3.8) is 0 Å². The van der Waals surface area contributed by atoms with E-state index in [0.717, 1.165) is 30.4 Å². The molecule has 2 aromatic rings. The van der Waals surface area contributed by atoms with Crippen LogP contribution in [-0.4, -0.2) is 16.4 Å². The van der Waals surface area contributed by atoms with Gasteiger partial charge in [0, 0.05) is 5.56 Å². The summed E-state index contributed by atoms with van der Waals surface area (Å²) in [5.74, 6) is 0.433. The van der Waals surface area contributed by atoms with Gasteiger partial charge in [0.15, 0.2) is 12.2 Å². The van der Waals surface area contributed by atoms with E-state index in [2.05, 4.69) is 11.1 Å². The van der Waals surface area contributed by atoms with Crippen LogP contribution >= 0.6 is 0 Å². The minimum atomic E-state index is 0.265. The zero-order valence-electron chi connectivity index (χ0n) is 11.0. The third-order valence-corrected chi connectivity index (χ3v) is 3.52. The number of aryl methyl sites for hydroxylation is 1. The summed E-state index contributed by atoms with van der Waals surface area (Å²) in [6.07, 6.45) is 7.35. The Morgan fingerprint density at radius 2 is 2.10 bits per heavy atom. The molecule has 1 aromatic carbocycles. The lowest BCUT2D eigenvalue weighted by molar-refractivity contribution is 0.549. The Hall–Kier alpha value is -2.49. The zero-order valence-corrected chi connectivity index (χ0v) is 11.0. The predicted octanol–water partition coefficient (Wildman–Crippen LogP) is 3.37. The Balaban J connectivity index is 1.95. The Morgan fingerprint density at radius 3 is 2.90 bits per heavy atom. The van der Waals surface area contributed by atoms with Gasteiger partial charge in [0.1, 0.15) is 0 Å². The average molecular weight is 265 g/mol. The number of nitrogens with one attached hydrogen (secondary N) is 2. The van der Waals surface area contributed by atoms with Crippen LogP contribution in [0.4, 0.5) is 0 Å². The SMILES string of the molecule is N=C(/C=C1/CCCc2ccccc2C1=N)c1cnco1. The molecule has 1 aliphatic rings. The Kier molecular flexibility index (Phi) is 3.29. The van der Waals surface area contributed by atoms with Crippen LogP contribution in [0.15, 0.2) is 52.9 Å². The van der Waals surface area contributed by atoms with Crippen LogP contribution in [0.25, 0.3) is 0 Å². The summed E-state index contributed by atoms with van der Waals surface area (Å²) < 4.78 is 5.12. The van der Waals surface area contributed by atoms with Gasteiger partial charge in [0.05, 0.1) is 17.6 Å². The lowest BCUT2D eigenvalue weighted by Crippen LogP contribution is -2.06. The van der Waals surface area contributed by atoms with E-state index < -0.39 is 0 Å². The first-order chi connectivity index (χ1) is 9.75. The molecule has 2 N–H and O–H groups in total. The lowest BCUT2D eigenvalue weighted by Gasteiger charge is -2.07. The smallest absolute Gasteiger partial charge is 0.181 e. The van der Waals surface area contributed by atoms with Crippen molar-refractivity contribution in [1.29, 1.82) is 10.8 Å². The number of nitrogens with zero attached hydrogens (tertiary/aromatic N) is 1. The fourth-order valence-electron chi connectivity index (χ4n) is 2.49. The summed E-state index contributed by atoms with van der Waals surface area (Å²) in [4.78, 5) is 3.82. The third kappa shape index (κ3) is 2.32. The summed E-state index contributed by atoms with van der Waals surface area (Å²) in [6.45, 7) is 0. The van der Waals surface area contributed by atoms with Crippen LogP contribution in [0.1, 0.15) is 29.7 Å². The number of fused-ring (bicyclic) bond motifs is 1. The molecule has 4 heteroatoms. The normalized spacial score (nSPS) is 16.8. The second kappa shape index (κ2) is 5.25. The van der Waals surface area contributed by atoms with Crippen LogP contribution in [0.5, 0.6) is 0 Å². The maximum Gasteiger partial charge on any atom is 0.181 e. The molecule has 0 spiro atoms. The van der Waals surface area contributed by atoms with E-state index in [-0.39, 0.29) is 5.71 Å². The highest BCUT2D eigenvalue weighted by atomic mass is 16.3. The van der Waals surface area contributed by atoms with E-state index in [0.29, 0.717) is 11.5 Å². The van der Waals surface area contributed by atoms with Gasteiger partial charge in [-0.2, -0.15) is 0 Å². The Labute approximate surface area is 117 Å². The van der Waals surface area contributed by atoms with Gasteiger partial charge in [0.25, 0.3) is 0 Å². The van der Waals surface area contributed by atoms with Gasteiger partial charge >= 0.3 is 0 Å². The van der Waals surface area contributed by atoms with Crippen molar-refractivity contribution in [2.24, 2.45) is 0 Å². The molecule has 0 bridgehead atoms. The minimum Gasteiger partial charge on any atom is -0.442 e. The number of aromatic nitrogens is 1. The van der Waals surface area contributed by atoms with Crippen molar-refractivity contribution in [3.05, 3.63) is 65.4 Å². The van der Waals surface area contributed by atoms with E-state index in [1.54, 1.807) is 6.08 Å². The molecule has 0 atom stereocenters. The van der Waals surface area contributed by atoms with E-state index in [1.165, 1.54) is 18.2 Å². The first-order valence-corrected chi connectivity index (χ1v) is 6.61. The number of hydrogen-bond acceptors (Lipinski definition) is 4. The second-order valence-electron chi connectivity index (χ2n) is 4.83. The molecule has 0 fully saturated rings. The van der Waals surface area contributed by atoms with Crippen molar-refractivity contribution >= 4 is 11.4 Å². The van der Waals surface area contributed by atoms with Crippen molar-refractivity contribution < 1.29 is 4.42 Å². The summed E-state index contributed by atoms with van der Waals surface area (Å²) in [6, 6.07) is 8.03. The first kappa shape index (κ1) is 12.5. The fourth-order valence-corrected chi connectivity index (χ4v) is 2.49. The highest BCUT2D eigenvalue weighted by Gasteiger charge is 2.17. The lowest BCUT2D eigenvalue weighted by atomic mass is 9.98. The highest BCUT2D eigenvalue weighted by Crippen LogP contribution is 2.24. The monoisotopic (exact) mass is 265 g/mol. The topological polar surface area (TPSA) is 73.7 Å². The number of allylic oxidation sites excluding steroid dienone is 2. The molecule has 100 valence electrons. The molecule has 1 heterocycles. The maximum atomic E-state index is 8.38. The van der Waals surface area contributed by atoms with Gasteiger partial charge in [-0.3, -0.25) is 10.8 Å². The molecule has 0 unspecified atom stereocenters. The van der Waals surface area contributed by atoms with E-state index in [1.807, 2.05) is 18.2 Å². The number of hydrogen-bond donors (Lipinski definition) is 2. The number of benzene rings is 1. The quantitative estimate of drug-likeness (QED) is 0.645. The molecule has 4 nitrogen and oxygen atoms in total. The number of rotatable bonds is 2. The van der Waals surface area contributed by atoms with Crippen LogP contribution in [0.2, 0.25) is 0 Å². The largest absolute Gasteiger partial charge is 0.442 e. The molecule has 0 radical (unpaired) electrons. The molecule has 3 rings (SSSR count). The van der Waals surface area contributed by atoms with Crippen LogP contribution in [0, 0.1) is 10.8 Å². The molecule has 20 heavy (non-hydrogen) atoms. The zero-order chi connectivity index (χ0) is 13.9. The van der Waals surface area contributed by atoms with Crippen LogP contribution in [-0.2, 0) is 6.42 Å². The fraction of sp³-hybridized carbons (Fsp3) is 0.188. The summed E-state index contributed by atoms with van der Waals surface area (Å²) in [7, 11) is 0. The highest BCUT2D eigenvalue weighted by molar-refractivity contribution is 6.16. The molecule has 0 saturated carbocycles. The van der Waals surface area contributed by atoms with Gasteiger partial charge in [0.2, 0.25) is 0 Å². The van der Waals surface area contributed by atoms with Gasteiger partial charge < -0.3 is 4.42 Å². The van der Waals surface area contributed by atoms with Gasteiger partial charge in [-0.25, -0.2) is 4.98 Å². The average Bonchev–Trinajstić information content (AvgIpc) is 2.95. The summed E-state index contributed by atoms with van der Waals surface area (Å²) in [5, 5.41) is 16.4. The van der Waals surface area contributed by atoms with E-state index in [4.69, 9.17) is 15.2 Å². The van der Waals surface area contributed by atoms with E-state index >= 15 is 0 Å². The number of oxazole rings is 1. The van der Waals surface area contributed by atoms with Gasteiger partial charge in [-0.05, 0) is 36.5 Å². The second-order valence-corrected chi connectivity index (χ2v) is 4.83. The van der Waals surface area contributed by atoms with Crippen molar-refractivity contribution in [2.75, 3.05) is 0 Å². The molecular formula is C16H15N3O. The Bertz CT molecular complexity index is 684. The minimum absolute atomic E-state index is 0.265. The molecule has 1 aliphatic carbocycles. The predicted molar refractivity (Wildman–Crippen MR) is 77.6 cm³/mol.